The maximum atomic E-state index is 12.9. The lowest BCUT2D eigenvalue weighted by Crippen LogP contribution is -2.45. The molecule has 2 bridgehead atoms. The average molecular weight is 370 g/mol. The van der Waals surface area contributed by atoms with Crippen LogP contribution < -0.4 is 10.1 Å². The molecular formula is C22H30N2O3. The van der Waals surface area contributed by atoms with Gasteiger partial charge in [-0.3, -0.25) is 9.59 Å². The molecular weight excluding hydrogens is 340 g/mol. The summed E-state index contributed by atoms with van der Waals surface area (Å²) in [5, 5.41) is 3.20. The lowest BCUT2D eigenvalue weighted by molar-refractivity contribution is -0.132. The number of benzene rings is 1. The van der Waals surface area contributed by atoms with Gasteiger partial charge in [0.05, 0.1) is 7.11 Å². The molecule has 3 fully saturated rings. The molecule has 5 heteroatoms. The molecule has 27 heavy (non-hydrogen) atoms. The fraction of sp³-hybridized carbons (Fsp3) is 0.636. The van der Waals surface area contributed by atoms with E-state index in [2.05, 4.69) is 16.3 Å². The van der Waals surface area contributed by atoms with Crippen LogP contribution in [0.15, 0.2) is 24.3 Å². The molecule has 1 aromatic rings. The number of nitrogens with one attached hydrogen (secondary N) is 1. The quantitative estimate of drug-likeness (QED) is 0.837. The van der Waals surface area contributed by atoms with E-state index in [4.69, 9.17) is 4.74 Å². The predicted molar refractivity (Wildman–Crippen MR) is 103 cm³/mol. The summed E-state index contributed by atoms with van der Waals surface area (Å²) in [6.45, 7) is 0.943. The second kappa shape index (κ2) is 7.53. The number of amides is 2. The highest BCUT2D eigenvalue weighted by Crippen LogP contribution is 2.37. The van der Waals surface area contributed by atoms with Crippen molar-refractivity contribution >= 4 is 11.8 Å². The zero-order valence-electron chi connectivity index (χ0n) is 16.2. The average Bonchev–Trinajstić information content (AvgIpc) is 3.19. The number of carbonyl (C=O) groups is 2. The van der Waals surface area contributed by atoms with Gasteiger partial charge in [0.25, 0.3) is 0 Å². The minimum Gasteiger partial charge on any atom is -0.497 e. The Morgan fingerprint density at radius 1 is 1.37 bits per heavy atom. The Kier molecular flexibility index (Phi) is 5.11. The Bertz CT molecular complexity index is 719. The van der Waals surface area contributed by atoms with E-state index >= 15 is 0 Å². The van der Waals surface area contributed by atoms with Crippen molar-refractivity contribution in [2.75, 3.05) is 13.7 Å². The first kappa shape index (κ1) is 18.3. The van der Waals surface area contributed by atoms with Crippen LogP contribution in [0, 0.1) is 5.92 Å². The van der Waals surface area contributed by atoms with E-state index in [1.54, 1.807) is 7.11 Å². The molecule has 0 spiro atoms. The largest absolute Gasteiger partial charge is 0.497 e. The number of fused-ring (bicyclic) bond motifs is 2. The van der Waals surface area contributed by atoms with Crippen LogP contribution in [0.5, 0.6) is 5.75 Å². The first-order valence-electron chi connectivity index (χ1n) is 10.3. The van der Waals surface area contributed by atoms with Crippen LogP contribution in [0.1, 0.15) is 56.9 Å². The molecule has 3 aliphatic rings. The van der Waals surface area contributed by atoms with Crippen molar-refractivity contribution in [2.45, 2.75) is 69.4 Å². The monoisotopic (exact) mass is 370 g/mol. The second-order valence-electron chi connectivity index (χ2n) is 8.59. The van der Waals surface area contributed by atoms with E-state index in [0.717, 1.165) is 37.1 Å². The highest BCUT2D eigenvalue weighted by molar-refractivity contribution is 5.80. The van der Waals surface area contributed by atoms with Crippen molar-refractivity contribution < 1.29 is 14.3 Å². The van der Waals surface area contributed by atoms with Crippen LogP contribution in [-0.2, 0) is 16.0 Å². The molecule has 2 heterocycles. The zero-order chi connectivity index (χ0) is 18.9. The molecule has 2 aliphatic heterocycles. The molecule has 3 atom stereocenters. The second-order valence-corrected chi connectivity index (χ2v) is 8.59. The van der Waals surface area contributed by atoms with Gasteiger partial charge in [0.1, 0.15) is 5.75 Å². The van der Waals surface area contributed by atoms with E-state index in [1.807, 2.05) is 18.2 Å². The van der Waals surface area contributed by atoms with Gasteiger partial charge >= 0.3 is 0 Å². The lowest BCUT2D eigenvalue weighted by Gasteiger charge is -2.31. The van der Waals surface area contributed by atoms with Crippen LogP contribution in [0.3, 0.4) is 0 Å². The van der Waals surface area contributed by atoms with E-state index in [-0.39, 0.29) is 17.4 Å². The number of hydrogen-bond acceptors (Lipinski definition) is 3. The Labute approximate surface area is 161 Å². The van der Waals surface area contributed by atoms with Gasteiger partial charge in [-0.25, -0.2) is 0 Å². The highest BCUT2D eigenvalue weighted by atomic mass is 16.5. The zero-order valence-corrected chi connectivity index (χ0v) is 16.2. The van der Waals surface area contributed by atoms with E-state index < -0.39 is 0 Å². The first-order chi connectivity index (χ1) is 13.1. The summed E-state index contributed by atoms with van der Waals surface area (Å²) >= 11 is 0. The summed E-state index contributed by atoms with van der Waals surface area (Å²) < 4.78 is 5.33. The van der Waals surface area contributed by atoms with Gasteiger partial charge in [0.15, 0.2) is 0 Å². The maximum absolute atomic E-state index is 12.9. The highest BCUT2D eigenvalue weighted by Gasteiger charge is 2.41. The number of likely N-dealkylation sites (tertiary alicyclic amines) is 1. The fourth-order valence-corrected chi connectivity index (χ4v) is 5.29. The van der Waals surface area contributed by atoms with Crippen molar-refractivity contribution in [2.24, 2.45) is 5.92 Å². The Hall–Kier alpha value is -2.04. The van der Waals surface area contributed by atoms with Crippen molar-refractivity contribution in [3.05, 3.63) is 29.8 Å². The van der Waals surface area contributed by atoms with Crippen LogP contribution in [0.25, 0.3) is 0 Å². The number of carbonyl (C=O) groups excluding carboxylic acids is 2. The number of methoxy groups -OCH3 is 1. The molecule has 1 aromatic carbocycles. The number of hydrogen-bond donors (Lipinski definition) is 1. The molecule has 5 nitrogen and oxygen atoms in total. The van der Waals surface area contributed by atoms with Gasteiger partial charge in [-0.2, -0.15) is 0 Å². The van der Waals surface area contributed by atoms with Crippen molar-refractivity contribution in [1.82, 2.24) is 10.2 Å². The fourth-order valence-electron chi connectivity index (χ4n) is 5.29. The van der Waals surface area contributed by atoms with Gasteiger partial charge in [-0.1, -0.05) is 18.6 Å². The molecule has 0 radical (unpaired) electrons. The molecule has 2 saturated heterocycles. The normalized spacial score (nSPS) is 29.7. The smallest absolute Gasteiger partial charge is 0.222 e. The molecule has 1 aliphatic carbocycles. The summed E-state index contributed by atoms with van der Waals surface area (Å²) in [5.74, 6) is 1.91. The third kappa shape index (κ3) is 3.97. The maximum Gasteiger partial charge on any atom is 0.222 e. The number of ether oxygens (including phenoxy) is 1. The van der Waals surface area contributed by atoms with Crippen molar-refractivity contribution in [3.8, 4) is 5.75 Å². The van der Waals surface area contributed by atoms with Gasteiger partial charge in [-0.05, 0) is 62.1 Å². The van der Waals surface area contributed by atoms with Crippen LogP contribution in [-0.4, -0.2) is 41.9 Å². The third-order valence-corrected chi connectivity index (χ3v) is 6.70. The van der Waals surface area contributed by atoms with E-state index in [0.29, 0.717) is 31.2 Å². The summed E-state index contributed by atoms with van der Waals surface area (Å²) in [6.07, 6.45) is 8.21. The summed E-state index contributed by atoms with van der Waals surface area (Å²) in [5.41, 5.74) is 0.828. The van der Waals surface area contributed by atoms with Crippen LogP contribution >= 0.6 is 0 Å². The minimum absolute atomic E-state index is 0.0994. The van der Waals surface area contributed by atoms with Gasteiger partial charge in [-0.15, -0.1) is 0 Å². The Balaban J connectivity index is 1.43. The van der Waals surface area contributed by atoms with Gasteiger partial charge < -0.3 is 15.0 Å². The van der Waals surface area contributed by atoms with Crippen molar-refractivity contribution in [3.63, 3.8) is 0 Å². The summed E-state index contributed by atoms with van der Waals surface area (Å²) in [7, 11) is 1.66. The van der Waals surface area contributed by atoms with Crippen LogP contribution in [0.4, 0.5) is 0 Å². The van der Waals surface area contributed by atoms with Gasteiger partial charge in [0.2, 0.25) is 11.8 Å². The molecule has 1 saturated carbocycles. The van der Waals surface area contributed by atoms with Crippen LogP contribution in [0.2, 0.25) is 0 Å². The lowest BCUT2D eigenvalue weighted by atomic mass is 9.84. The predicted octanol–water partition coefficient (Wildman–Crippen LogP) is 3.07. The molecule has 0 aromatic heterocycles. The minimum atomic E-state index is -0.312. The van der Waals surface area contributed by atoms with E-state index in [9.17, 15) is 9.59 Å². The van der Waals surface area contributed by atoms with Gasteiger partial charge in [0, 0.05) is 31.0 Å². The Morgan fingerprint density at radius 3 is 3.00 bits per heavy atom. The third-order valence-electron chi connectivity index (χ3n) is 6.70. The molecule has 1 N–H and O–H groups in total. The standard InChI is InChI=1S/C22H30N2O3/c1-27-19-7-3-4-16(13-19)14-22(10-8-20(25)23-22)11-9-21(26)24-15-17-5-2-6-18(24)12-17/h3-4,7,13,17-18H,2,5-6,8-12,14-15H2,1H3,(H,23,25)/t17-,18+,22-/m0/s1. The molecule has 2 amide bonds. The van der Waals surface area contributed by atoms with E-state index in [1.165, 1.54) is 19.3 Å². The molecule has 4 rings (SSSR count). The molecule has 0 unspecified atom stereocenters. The summed E-state index contributed by atoms with van der Waals surface area (Å²) in [6, 6.07) is 8.47. The SMILES string of the molecule is COc1cccc(C[C@@]2(CCC(=O)N3C[C@H]4CCC[C@@H]3C4)CCC(=O)N2)c1. The summed E-state index contributed by atoms with van der Waals surface area (Å²) in [4.78, 5) is 27.0. The molecule has 146 valence electrons. The number of rotatable bonds is 6. The first-order valence-corrected chi connectivity index (χ1v) is 10.3. The van der Waals surface area contributed by atoms with Crippen molar-refractivity contribution in [1.29, 1.82) is 0 Å². The topological polar surface area (TPSA) is 58.6 Å². The number of nitrogens with zero attached hydrogens (tertiary/aromatic N) is 1. The Morgan fingerprint density at radius 2 is 2.26 bits per heavy atom.